The second-order valence-electron chi connectivity index (χ2n) is 8.06. The molecule has 0 radical (unpaired) electrons. The van der Waals surface area contributed by atoms with E-state index in [1.807, 2.05) is 6.92 Å². The normalized spacial score (nSPS) is 13.1. The van der Waals surface area contributed by atoms with Crippen LogP contribution >= 0.6 is 23.5 Å². The van der Waals surface area contributed by atoms with Crippen molar-refractivity contribution < 1.29 is 9.18 Å². The SMILES string of the molecule is CC(NSC(C)(C)C)c1c(F)c(Cl)c(-c2cn3cc(NC=O)nc3cn2)c2cn[nH]c12. The van der Waals surface area contributed by atoms with Gasteiger partial charge < -0.3 is 9.72 Å². The van der Waals surface area contributed by atoms with Gasteiger partial charge in [-0.2, -0.15) is 5.10 Å². The first-order valence-electron chi connectivity index (χ1n) is 9.52. The zero-order valence-corrected chi connectivity index (χ0v) is 18.9. The van der Waals surface area contributed by atoms with Crippen molar-refractivity contribution in [1.29, 1.82) is 0 Å². The molecule has 11 heteroatoms. The Morgan fingerprint density at radius 3 is 2.81 bits per heavy atom. The number of carbonyl (C=O) groups is 1. The molecule has 8 nitrogen and oxygen atoms in total. The Morgan fingerprint density at radius 2 is 2.10 bits per heavy atom. The van der Waals surface area contributed by atoms with Gasteiger partial charge >= 0.3 is 0 Å². The van der Waals surface area contributed by atoms with Crippen LogP contribution in [0.2, 0.25) is 5.02 Å². The van der Waals surface area contributed by atoms with Crippen LogP contribution in [-0.2, 0) is 4.79 Å². The highest BCUT2D eigenvalue weighted by Gasteiger charge is 2.26. The minimum absolute atomic E-state index is 0.0310. The van der Waals surface area contributed by atoms with E-state index in [1.54, 1.807) is 23.0 Å². The van der Waals surface area contributed by atoms with Crippen molar-refractivity contribution >= 4 is 52.3 Å². The number of aromatic nitrogens is 5. The van der Waals surface area contributed by atoms with Crippen LogP contribution in [0.25, 0.3) is 27.8 Å². The van der Waals surface area contributed by atoms with Crippen LogP contribution in [-0.4, -0.2) is 35.7 Å². The van der Waals surface area contributed by atoms with Gasteiger partial charge in [-0.15, -0.1) is 0 Å². The number of aromatic amines is 1. The third kappa shape index (κ3) is 4.10. The van der Waals surface area contributed by atoms with E-state index in [2.05, 4.69) is 51.0 Å². The lowest BCUT2D eigenvalue weighted by molar-refractivity contribution is -0.105. The fourth-order valence-corrected chi connectivity index (χ4v) is 4.22. The first-order chi connectivity index (χ1) is 14.7. The van der Waals surface area contributed by atoms with E-state index >= 15 is 4.39 Å². The monoisotopic (exact) mass is 461 g/mol. The zero-order chi connectivity index (χ0) is 22.3. The van der Waals surface area contributed by atoms with Crippen molar-refractivity contribution in [1.82, 2.24) is 29.3 Å². The summed E-state index contributed by atoms with van der Waals surface area (Å²) in [5.74, 6) is -0.148. The summed E-state index contributed by atoms with van der Waals surface area (Å²) >= 11 is 8.06. The topological polar surface area (TPSA) is 100 Å². The summed E-state index contributed by atoms with van der Waals surface area (Å²) in [6, 6.07) is -0.320. The highest BCUT2D eigenvalue weighted by atomic mass is 35.5. The lowest BCUT2D eigenvalue weighted by Crippen LogP contribution is -2.21. The number of nitrogens with zero attached hydrogens (tertiary/aromatic N) is 4. The average molecular weight is 462 g/mol. The predicted octanol–water partition coefficient (Wildman–Crippen LogP) is 4.73. The van der Waals surface area contributed by atoms with Crippen LogP contribution in [0.1, 0.15) is 39.3 Å². The van der Waals surface area contributed by atoms with Crippen LogP contribution < -0.4 is 10.0 Å². The number of amides is 1. The molecule has 0 spiro atoms. The summed E-state index contributed by atoms with van der Waals surface area (Å²) in [6.45, 7) is 8.10. The molecule has 0 aliphatic heterocycles. The molecular weight excluding hydrogens is 441 g/mol. The molecule has 3 N–H and O–H groups in total. The van der Waals surface area contributed by atoms with Gasteiger partial charge in [0.25, 0.3) is 0 Å². The molecule has 31 heavy (non-hydrogen) atoms. The Balaban J connectivity index is 1.83. The van der Waals surface area contributed by atoms with E-state index in [0.29, 0.717) is 45.6 Å². The molecule has 1 amide bonds. The summed E-state index contributed by atoms with van der Waals surface area (Å²) < 4.78 is 20.5. The first-order valence-corrected chi connectivity index (χ1v) is 10.7. The van der Waals surface area contributed by atoms with Gasteiger partial charge in [-0.05, 0) is 27.7 Å². The van der Waals surface area contributed by atoms with Gasteiger partial charge in [0.1, 0.15) is 5.82 Å². The highest BCUT2D eigenvalue weighted by Crippen LogP contribution is 2.41. The molecule has 4 rings (SSSR count). The maximum absolute atomic E-state index is 15.5. The summed E-state index contributed by atoms with van der Waals surface area (Å²) in [6.07, 6.45) is 7.01. The van der Waals surface area contributed by atoms with E-state index in [-0.39, 0.29) is 15.8 Å². The van der Waals surface area contributed by atoms with Crippen molar-refractivity contribution in [2.24, 2.45) is 0 Å². The van der Waals surface area contributed by atoms with Crippen molar-refractivity contribution in [3.8, 4) is 11.3 Å². The fourth-order valence-electron chi connectivity index (χ4n) is 3.28. The number of benzene rings is 1. The Kier molecular flexibility index (Phi) is 5.63. The molecule has 1 unspecified atom stereocenters. The number of anilines is 1. The second-order valence-corrected chi connectivity index (χ2v) is 10.1. The smallest absolute Gasteiger partial charge is 0.212 e. The minimum atomic E-state index is -0.529. The molecule has 1 atom stereocenters. The maximum atomic E-state index is 15.5. The number of nitrogens with one attached hydrogen (secondary N) is 3. The van der Waals surface area contributed by atoms with Crippen LogP contribution in [0.3, 0.4) is 0 Å². The number of hydrogen-bond acceptors (Lipinski definition) is 6. The van der Waals surface area contributed by atoms with Crippen molar-refractivity contribution in [3.63, 3.8) is 0 Å². The Hall–Kier alpha value is -2.69. The number of fused-ring (bicyclic) bond motifs is 2. The molecule has 0 saturated heterocycles. The number of imidazole rings is 1. The fraction of sp³-hybridized carbons (Fsp3) is 0.300. The minimum Gasteiger partial charge on any atom is -0.312 e. The quantitative estimate of drug-likeness (QED) is 0.283. The number of carbonyl (C=O) groups excluding carboxylic acids is 1. The van der Waals surface area contributed by atoms with Gasteiger partial charge in [-0.1, -0.05) is 23.5 Å². The molecule has 0 fully saturated rings. The van der Waals surface area contributed by atoms with Crippen LogP contribution in [0.15, 0.2) is 24.8 Å². The van der Waals surface area contributed by atoms with Gasteiger partial charge in [-0.25, -0.2) is 9.37 Å². The molecule has 162 valence electrons. The number of rotatable bonds is 6. The third-order valence-corrected chi connectivity index (χ3v) is 6.04. The maximum Gasteiger partial charge on any atom is 0.212 e. The largest absolute Gasteiger partial charge is 0.312 e. The Bertz CT molecular complexity index is 1280. The van der Waals surface area contributed by atoms with E-state index in [1.165, 1.54) is 18.1 Å². The molecule has 0 bridgehead atoms. The number of halogens is 2. The van der Waals surface area contributed by atoms with Gasteiger partial charge in [0.2, 0.25) is 6.41 Å². The van der Waals surface area contributed by atoms with Crippen molar-refractivity contribution in [2.75, 3.05) is 5.32 Å². The Labute approximate surface area is 187 Å². The standard InChI is InChI=1S/C20H21ClFN7OS/c1-10(28-31-20(2,3)4)15-18(22)17(21)16(11-5-25-27-19(11)15)12-7-29-8-13(24-9-30)26-14(29)6-23-12/h5-10,28H,1-4H3,(H,24,30)(H,25,27). The molecule has 3 heterocycles. The predicted molar refractivity (Wildman–Crippen MR) is 122 cm³/mol. The molecule has 3 aromatic heterocycles. The lowest BCUT2D eigenvalue weighted by atomic mass is 9.99. The Morgan fingerprint density at radius 1 is 1.32 bits per heavy atom. The average Bonchev–Trinajstić information content (AvgIpc) is 3.33. The molecule has 1 aromatic carbocycles. The second kappa shape index (κ2) is 8.10. The highest BCUT2D eigenvalue weighted by molar-refractivity contribution is 7.98. The van der Waals surface area contributed by atoms with Gasteiger partial charge in [0, 0.05) is 33.5 Å². The van der Waals surface area contributed by atoms with E-state index in [4.69, 9.17) is 11.6 Å². The van der Waals surface area contributed by atoms with Crippen molar-refractivity contribution in [3.05, 3.63) is 41.2 Å². The summed E-state index contributed by atoms with van der Waals surface area (Å²) in [7, 11) is 0. The van der Waals surface area contributed by atoms with Gasteiger partial charge in [0.05, 0.1) is 34.8 Å². The number of H-pyrrole nitrogens is 1. The zero-order valence-electron chi connectivity index (χ0n) is 17.3. The van der Waals surface area contributed by atoms with Crippen LogP contribution in [0.4, 0.5) is 10.2 Å². The molecule has 0 aliphatic carbocycles. The van der Waals surface area contributed by atoms with Gasteiger partial charge in [-0.3, -0.25) is 19.6 Å². The lowest BCUT2D eigenvalue weighted by Gasteiger charge is -2.23. The third-order valence-electron chi connectivity index (χ3n) is 4.61. The summed E-state index contributed by atoms with van der Waals surface area (Å²) in [4.78, 5) is 19.3. The molecule has 4 aromatic rings. The van der Waals surface area contributed by atoms with Crippen LogP contribution in [0, 0.1) is 5.82 Å². The van der Waals surface area contributed by atoms with E-state index < -0.39 is 5.82 Å². The van der Waals surface area contributed by atoms with E-state index in [0.717, 1.165) is 0 Å². The van der Waals surface area contributed by atoms with Gasteiger partial charge in [0.15, 0.2) is 11.5 Å². The van der Waals surface area contributed by atoms with Crippen molar-refractivity contribution in [2.45, 2.75) is 38.5 Å². The molecule has 0 aliphatic rings. The van der Waals surface area contributed by atoms with Crippen LogP contribution in [0.5, 0.6) is 0 Å². The summed E-state index contributed by atoms with van der Waals surface area (Å²) in [5, 5.41) is 10.2. The summed E-state index contributed by atoms with van der Waals surface area (Å²) in [5.41, 5.74) is 2.39. The first kappa shape index (κ1) is 21.5. The molecular formula is C20H21ClFN7OS. The van der Waals surface area contributed by atoms with E-state index in [9.17, 15) is 4.79 Å². The molecule has 0 saturated carbocycles. The number of hydrogen-bond donors (Lipinski definition) is 3.